The minimum atomic E-state index is -0.488. The van der Waals surface area contributed by atoms with Gasteiger partial charge in [0.05, 0.1) is 0 Å². The lowest BCUT2D eigenvalue weighted by Crippen LogP contribution is -1.97. The van der Waals surface area contributed by atoms with Crippen molar-refractivity contribution in [1.82, 2.24) is 9.97 Å². The summed E-state index contributed by atoms with van der Waals surface area (Å²) < 4.78 is 27.3. The molecule has 0 fully saturated rings. The third-order valence-corrected chi connectivity index (χ3v) is 2.73. The lowest BCUT2D eigenvalue weighted by Gasteiger charge is -2.08. The zero-order chi connectivity index (χ0) is 13.2. The van der Waals surface area contributed by atoms with Crippen LogP contribution in [0.1, 0.15) is 0 Å². The largest absolute Gasteiger partial charge is 0.338 e. The third kappa shape index (κ3) is 2.22. The molecule has 0 saturated heterocycles. The molecule has 19 heavy (non-hydrogen) atoms. The Balaban J connectivity index is 2.04. The van der Waals surface area contributed by atoms with Gasteiger partial charge in [0, 0.05) is 29.7 Å². The number of anilines is 2. The van der Waals surface area contributed by atoms with Crippen LogP contribution in [0, 0.1) is 11.6 Å². The standard InChI is InChI=1S/C14H9F2N3/c15-12-2-1-4-18-14(12)19-10-6-9-3-5-17-8-11(9)13(16)7-10/h1-8H,(H,18,19). The fraction of sp³-hybridized carbons (Fsp3) is 0. The minimum Gasteiger partial charge on any atom is -0.338 e. The van der Waals surface area contributed by atoms with Crippen molar-refractivity contribution in [3.63, 3.8) is 0 Å². The van der Waals surface area contributed by atoms with Crippen molar-refractivity contribution in [2.75, 3.05) is 5.32 Å². The number of nitrogens with zero attached hydrogens (tertiary/aromatic N) is 2. The van der Waals surface area contributed by atoms with Gasteiger partial charge in [0.2, 0.25) is 0 Å². The smallest absolute Gasteiger partial charge is 0.166 e. The maximum absolute atomic E-state index is 13.9. The van der Waals surface area contributed by atoms with Crippen molar-refractivity contribution in [3.05, 3.63) is 60.6 Å². The van der Waals surface area contributed by atoms with E-state index in [2.05, 4.69) is 15.3 Å². The van der Waals surface area contributed by atoms with E-state index in [0.717, 1.165) is 0 Å². The highest BCUT2D eigenvalue weighted by Gasteiger charge is 2.07. The van der Waals surface area contributed by atoms with Crippen LogP contribution in [0.4, 0.5) is 20.3 Å². The maximum atomic E-state index is 13.9. The van der Waals surface area contributed by atoms with E-state index < -0.39 is 11.6 Å². The van der Waals surface area contributed by atoms with Gasteiger partial charge in [0.25, 0.3) is 0 Å². The first-order chi connectivity index (χ1) is 9.24. The molecule has 5 heteroatoms. The Morgan fingerprint density at radius 2 is 1.89 bits per heavy atom. The van der Waals surface area contributed by atoms with Crippen LogP contribution in [0.3, 0.4) is 0 Å². The quantitative estimate of drug-likeness (QED) is 0.761. The first kappa shape index (κ1) is 11.5. The van der Waals surface area contributed by atoms with Gasteiger partial charge in [-0.1, -0.05) is 0 Å². The van der Waals surface area contributed by atoms with E-state index in [1.165, 1.54) is 30.6 Å². The number of halogens is 2. The van der Waals surface area contributed by atoms with Crippen LogP contribution >= 0.6 is 0 Å². The molecular weight excluding hydrogens is 248 g/mol. The van der Waals surface area contributed by atoms with E-state index in [0.29, 0.717) is 16.5 Å². The van der Waals surface area contributed by atoms with Crippen molar-refractivity contribution >= 4 is 22.3 Å². The fourth-order valence-corrected chi connectivity index (χ4v) is 1.84. The number of nitrogens with one attached hydrogen (secondary N) is 1. The van der Waals surface area contributed by atoms with Gasteiger partial charge >= 0.3 is 0 Å². The molecule has 0 atom stereocenters. The van der Waals surface area contributed by atoms with Gasteiger partial charge < -0.3 is 5.32 Å². The van der Waals surface area contributed by atoms with Gasteiger partial charge in [0.15, 0.2) is 11.6 Å². The van der Waals surface area contributed by atoms with Crippen molar-refractivity contribution < 1.29 is 8.78 Å². The van der Waals surface area contributed by atoms with Crippen LogP contribution in [0.25, 0.3) is 10.8 Å². The molecule has 0 spiro atoms. The van der Waals surface area contributed by atoms with Crippen molar-refractivity contribution in [1.29, 1.82) is 0 Å². The average molecular weight is 257 g/mol. The van der Waals surface area contributed by atoms with Gasteiger partial charge in [0.1, 0.15) is 5.82 Å². The first-order valence-electron chi connectivity index (χ1n) is 5.65. The maximum Gasteiger partial charge on any atom is 0.166 e. The first-order valence-corrected chi connectivity index (χ1v) is 5.65. The molecule has 3 nitrogen and oxygen atoms in total. The Labute approximate surface area is 107 Å². The average Bonchev–Trinajstić information content (AvgIpc) is 2.42. The molecule has 3 aromatic rings. The van der Waals surface area contributed by atoms with Crippen molar-refractivity contribution in [3.8, 4) is 0 Å². The molecule has 0 aliphatic carbocycles. The van der Waals surface area contributed by atoms with Crippen LogP contribution in [-0.4, -0.2) is 9.97 Å². The summed E-state index contributed by atoms with van der Waals surface area (Å²) >= 11 is 0. The van der Waals surface area contributed by atoms with E-state index in [-0.39, 0.29) is 5.82 Å². The molecule has 0 saturated carbocycles. The summed E-state index contributed by atoms with van der Waals surface area (Å²) in [7, 11) is 0. The van der Waals surface area contributed by atoms with Gasteiger partial charge in [-0.3, -0.25) is 4.98 Å². The molecular formula is C14H9F2N3. The second-order valence-electron chi connectivity index (χ2n) is 4.01. The van der Waals surface area contributed by atoms with Crippen molar-refractivity contribution in [2.24, 2.45) is 0 Å². The second-order valence-corrected chi connectivity index (χ2v) is 4.01. The molecule has 2 aromatic heterocycles. The van der Waals surface area contributed by atoms with Crippen LogP contribution in [-0.2, 0) is 0 Å². The molecule has 0 bridgehead atoms. The van der Waals surface area contributed by atoms with Crippen LogP contribution in [0.15, 0.2) is 48.9 Å². The van der Waals surface area contributed by atoms with Gasteiger partial charge in [-0.05, 0) is 35.7 Å². The summed E-state index contributed by atoms with van der Waals surface area (Å²) in [6, 6.07) is 7.48. The third-order valence-electron chi connectivity index (χ3n) is 2.73. The SMILES string of the molecule is Fc1cccnc1Nc1cc(F)c2cnccc2c1. The normalized spacial score (nSPS) is 10.6. The molecule has 94 valence electrons. The minimum absolute atomic E-state index is 0.0651. The van der Waals surface area contributed by atoms with Gasteiger partial charge in [-0.15, -0.1) is 0 Å². The zero-order valence-corrected chi connectivity index (χ0v) is 9.77. The molecule has 0 amide bonds. The highest BCUT2D eigenvalue weighted by molar-refractivity contribution is 5.86. The Hall–Kier alpha value is -2.56. The summed E-state index contributed by atoms with van der Waals surface area (Å²) in [5, 5.41) is 3.87. The van der Waals surface area contributed by atoms with E-state index >= 15 is 0 Å². The van der Waals surface area contributed by atoms with Crippen LogP contribution < -0.4 is 5.32 Å². The number of aromatic nitrogens is 2. The topological polar surface area (TPSA) is 37.8 Å². The van der Waals surface area contributed by atoms with E-state index in [1.54, 1.807) is 18.3 Å². The molecule has 1 N–H and O–H groups in total. The number of hydrogen-bond acceptors (Lipinski definition) is 3. The number of benzene rings is 1. The lowest BCUT2D eigenvalue weighted by atomic mass is 10.1. The highest BCUT2D eigenvalue weighted by Crippen LogP contribution is 2.24. The van der Waals surface area contributed by atoms with Crippen LogP contribution in [0.2, 0.25) is 0 Å². The lowest BCUT2D eigenvalue weighted by molar-refractivity contribution is 0.626. The van der Waals surface area contributed by atoms with Gasteiger partial charge in [-0.2, -0.15) is 0 Å². The van der Waals surface area contributed by atoms with E-state index in [4.69, 9.17) is 0 Å². The van der Waals surface area contributed by atoms with Crippen molar-refractivity contribution in [2.45, 2.75) is 0 Å². The molecule has 0 aliphatic rings. The fourth-order valence-electron chi connectivity index (χ4n) is 1.84. The summed E-state index contributed by atoms with van der Waals surface area (Å²) in [5.74, 6) is -0.836. The molecule has 1 aromatic carbocycles. The second kappa shape index (κ2) is 4.61. The highest BCUT2D eigenvalue weighted by atomic mass is 19.1. The Morgan fingerprint density at radius 3 is 2.74 bits per heavy atom. The number of pyridine rings is 2. The number of hydrogen-bond donors (Lipinski definition) is 1. The summed E-state index contributed by atoms with van der Waals surface area (Å²) in [5.41, 5.74) is 0.439. The van der Waals surface area contributed by atoms with E-state index in [1.807, 2.05) is 0 Å². The monoisotopic (exact) mass is 257 g/mol. The molecule has 0 unspecified atom stereocenters. The summed E-state index contributed by atoms with van der Waals surface area (Å²) in [4.78, 5) is 7.73. The number of fused-ring (bicyclic) bond motifs is 1. The predicted molar refractivity (Wildman–Crippen MR) is 69.2 cm³/mol. The Bertz CT molecular complexity index is 744. The molecule has 0 radical (unpaired) electrons. The van der Waals surface area contributed by atoms with Gasteiger partial charge in [-0.25, -0.2) is 13.8 Å². The molecule has 0 aliphatic heterocycles. The summed E-state index contributed by atoms with van der Waals surface area (Å²) in [6.45, 7) is 0. The molecule has 3 rings (SSSR count). The predicted octanol–water partition coefficient (Wildman–Crippen LogP) is 3.65. The van der Waals surface area contributed by atoms with E-state index in [9.17, 15) is 8.78 Å². The van der Waals surface area contributed by atoms with Crippen LogP contribution in [0.5, 0.6) is 0 Å². The number of rotatable bonds is 2. The summed E-state index contributed by atoms with van der Waals surface area (Å²) in [6.07, 6.45) is 4.50. The Kier molecular flexibility index (Phi) is 2.79. The Morgan fingerprint density at radius 1 is 1.00 bits per heavy atom. The molecule has 2 heterocycles. The zero-order valence-electron chi connectivity index (χ0n) is 9.77.